The van der Waals surface area contributed by atoms with Crippen molar-refractivity contribution in [3.05, 3.63) is 82.4 Å². The van der Waals surface area contributed by atoms with Gasteiger partial charge in [-0.15, -0.1) is 11.3 Å². The Hall–Kier alpha value is -3.71. The van der Waals surface area contributed by atoms with Gasteiger partial charge in [-0.05, 0) is 44.2 Å². The maximum Gasteiger partial charge on any atom is 0.342 e. The summed E-state index contributed by atoms with van der Waals surface area (Å²) < 4.78 is 10.9. The second-order valence-corrected chi connectivity index (χ2v) is 9.90. The van der Waals surface area contributed by atoms with Gasteiger partial charge in [0.15, 0.2) is 0 Å². The van der Waals surface area contributed by atoms with E-state index in [0.29, 0.717) is 33.5 Å². The minimum absolute atomic E-state index is 0.299. The van der Waals surface area contributed by atoms with Gasteiger partial charge in [0, 0.05) is 16.5 Å². The van der Waals surface area contributed by atoms with Crippen molar-refractivity contribution in [1.82, 2.24) is 5.16 Å². The number of carbonyl (C=O) groups excluding carboxylic acids is 2. The average molecular weight is 503 g/mol. The number of esters is 1. The fourth-order valence-electron chi connectivity index (χ4n) is 3.96. The van der Waals surface area contributed by atoms with E-state index in [2.05, 4.69) is 36.5 Å². The molecule has 0 bridgehead atoms. The molecular weight excluding hydrogens is 472 g/mol. The molecule has 0 aliphatic rings. The second-order valence-electron chi connectivity index (χ2n) is 9.02. The smallest absolute Gasteiger partial charge is 0.342 e. The summed E-state index contributed by atoms with van der Waals surface area (Å²) in [6.07, 6.45) is 0.749. The van der Waals surface area contributed by atoms with Crippen molar-refractivity contribution >= 4 is 28.2 Å². The van der Waals surface area contributed by atoms with E-state index < -0.39 is 11.9 Å². The summed E-state index contributed by atoms with van der Waals surface area (Å²) in [6.45, 7) is 9.65. The highest BCUT2D eigenvalue weighted by Crippen LogP contribution is 2.38. The fraction of sp³-hybridized carbons (Fsp3) is 0.276. The standard InChI is InChI=1S/C29H30N2O4S/c1-6-18(4)20-12-14-21(15-13-20)23-16-36-28(25(23)29(33)34-17(2)3)30-27(32)24-19(5)35-31-26(24)22-10-8-7-9-11-22/h7-18H,6H2,1-5H3,(H,30,32)/t18-/m1/s1. The molecule has 4 rings (SSSR count). The van der Waals surface area contributed by atoms with Crippen LogP contribution in [0.15, 0.2) is 64.5 Å². The predicted octanol–water partition coefficient (Wildman–Crippen LogP) is 7.71. The Morgan fingerprint density at radius 2 is 1.69 bits per heavy atom. The van der Waals surface area contributed by atoms with E-state index in [4.69, 9.17) is 9.26 Å². The van der Waals surface area contributed by atoms with Gasteiger partial charge in [-0.2, -0.15) is 0 Å². The molecule has 6 nitrogen and oxygen atoms in total. The van der Waals surface area contributed by atoms with E-state index in [1.54, 1.807) is 20.8 Å². The molecule has 0 unspecified atom stereocenters. The lowest BCUT2D eigenvalue weighted by molar-refractivity contribution is 0.0380. The second kappa shape index (κ2) is 10.9. The molecule has 1 atom stereocenters. The number of benzene rings is 2. The Bertz CT molecular complexity index is 1350. The van der Waals surface area contributed by atoms with E-state index in [-0.39, 0.29) is 6.10 Å². The van der Waals surface area contributed by atoms with Crippen LogP contribution in [0.1, 0.15) is 72.1 Å². The number of aromatic nitrogens is 1. The zero-order valence-corrected chi connectivity index (χ0v) is 21.9. The summed E-state index contributed by atoms with van der Waals surface area (Å²) in [6, 6.07) is 17.6. The topological polar surface area (TPSA) is 81.4 Å². The first kappa shape index (κ1) is 25.4. The molecule has 2 aromatic heterocycles. The van der Waals surface area contributed by atoms with E-state index >= 15 is 0 Å². The van der Waals surface area contributed by atoms with Gasteiger partial charge in [-0.25, -0.2) is 4.79 Å². The monoisotopic (exact) mass is 502 g/mol. The average Bonchev–Trinajstić information content (AvgIpc) is 3.47. The Balaban J connectivity index is 1.71. The zero-order chi connectivity index (χ0) is 25.8. The van der Waals surface area contributed by atoms with E-state index in [0.717, 1.165) is 23.1 Å². The highest BCUT2D eigenvalue weighted by molar-refractivity contribution is 7.15. The molecule has 186 valence electrons. The SMILES string of the molecule is CC[C@@H](C)c1ccc(-c2csc(NC(=O)c3c(-c4ccccc4)noc3C)c2C(=O)OC(C)C)cc1. The van der Waals surface area contributed by atoms with Crippen molar-refractivity contribution in [3.8, 4) is 22.4 Å². The van der Waals surface area contributed by atoms with Crippen LogP contribution in [-0.4, -0.2) is 23.1 Å². The van der Waals surface area contributed by atoms with Crippen LogP contribution in [0, 0.1) is 6.92 Å². The van der Waals surface area contributed by atoms with Crippen LogP contribution < -0.4 is 5.32 Å². The molecule has 0 aliphatic heterocycles. The van der Waals surface area contributed by atoms with E-state index in [9.17, 15) is 9.59 Å². The maximum atomic E-state index is 13.4. The summed E-state index contributed by atoms with van der Waals surface area (Å²) >= 11 is 1.29. The molecular formula is C29H30N2O4S. The number of aryl methyl sites for hydroxylation is 1. The van der Waals surface area contributed by atoms with Crippen molar-refractivity contribution < 1.29 is 18.8 Å². The third-order valence-corrected chi connectivity index (χ3v) is 7.00. The Labute approximate surface area is 215 Å². The molecule has 1 amide bonds. The largest absolute Gasteiger partial charge is 0.459 e. The lowest BCUT2D eigenvalue weighted by Gasteiger charge is -2.13. The Morgan fingerprint density at radius 3 is 2.33 bits per heavy atom. The van der Waals surface area contributed by atoms with Crippen LogP contribution in [0.4, 0.5) is 5.00 Å². The normalized spacial score (nSPS) is 11.9. The minimum atomic E-state index is -0.479. The summed E-state index contributed by atoms with van der Waals surface area (Å²) in [5.41, 5.74) is 4.75. The number of nitrogens with zero attached hydrogens (tertiary/aromatic N) is 1. The number of hydrogen-bond acceptors (Lipinski definition) is 6. The number of hydrogen-bond donors (Lipinski definition) is 1. The summed E-state index contributed by atoms with van der Waals surface area (Å²) in [7, 11) is 0. The number of ether oxygens (including phenoxy) is 1. The third-order valence-electron chi connectivity index (χ3n) is 6.11. The van der Waals surface area contributed by atoms with Crippen molar-refractivity contribution in [3.63, 3.8) is 0 Å². The van der Waals surface area contributed by atoms with Gasteiger partial charge in [0.05, 0.1) is 6.10 Å². The molecule has 36 heavy (non-hydrogen) atoms. The summed E-state index contributed by atoms with van der Waals surface area (Å²) in [4.78, 5) is 26.6. The van der Waals surface area contributed by atoms with Crippen LogP contribution >= 0.6 is 11.3 Å². The fourth-order valence-corrected chi connectivity index (χ4v) is 4.92. The highest BCUT2D eigenvalue weighted by atomic mass is 32.1. The van der Waals surface area contributed by atoms with Crippen molar-refractivity contribution in [2.24, 2.45) is 0 Å². The molecule has 1 N–H and O–H groups in total. The van der Waals surface area contributed by atoms with E-state index in [1.807, 2.05) is 47.8 Å². The van der Waals surface area contributed by atoms with E-state index in [1.165, 1.54) is 16.9 Å². The number of anilines is 1. The predicted molar refractivity (Wildman–Crippen MR) is 144 cm³/mol. The van der Waals surface area contributed by atoms with Crippen molar-refractivity contribution in [2.75, 3.05) is 5.32 Å². The highest BCUT2D eigenvalue weighted by Gasteiger charge is 2.27. The van der Waals surface area contributed by atoms with Gasteiger partial charge < -0.3 is 14.6 Å². The minimum Gasteiger partial charge on any atom is -0.459 e. The van der Waals surface area contributed by atoms with Crippen molar-refractivity contribution in [1.29, 1.82) is 0 Å². The number of nitrogens with one attached hydrogen (secondary N) is 1. The van der Waals surface area contributed by atoms with Crippen LogP contribution in [0.2, 0.25) is 0 Å². The van der Waals surface area contributed by atoms with Crippen LogP contribution in [0.5, 0.6) is 0 Å². The van der Waals surface area contributed by atoms with Gasteiger partial charge in [0.2, 0.25) is 0 Å². The summed E-state index contributed by atoms with van der Waals surface area (Å²) in [5.74, 6) is -0.0259. The molecule has 0 saturated carbocycles. The lowest BCUT2D eigenvalue weighted by Crippen LogP contribution is -2.17. The first-order valence-corrected chi connectivity index (χ1v) is 12.9. The number of carbonyl (C=O) groups is 2. The summed E-state index contributed by atoms with van der Waals surface area (Å²) in [5, 5.41) is 9.33. The van der Waals surface area contributed by atoms with Gasteiger partial charge in [0.25, 0.3) is 5.91 Å². The zero-order valence-electron chi connectivity index (χ0n) is 21.1. The third kappa shape index (κ3) is 5.26. The van der Waals surface area contributed by atoms with Gasteiger partial charge in [-0.1, -0.05) is 73.6 Å². The van der Waals surface area contributed by atoms with Gasteiger partial charge >= 0.3 is 5.97 Å². The molecule has 2 heterocycles. The van der Waals surface area contributed by atoms with Crippen LogP contribution in [0.25, 0.3) is 22.4 Å². The molecule has 0 spiro atoms. The molecule has 0 fully saturated rings. The van der Waals surface area contributed by atoms with Crippen LogP contribution in [-0.2, 0) is 4.74 Å². The number of amides is 1. The first-order chi connectivity index (χ1) is 17.3. The lowest BCUT2D eigenvalue weighted by atomic mass is 9.95. The Kier molecular flexibility index (Phi) is 7.70. The molecule has 0 saturated heterocycles. The van der Waals surface area contributed by atoms with Gasteiger partial charge in [-0.3, -0.25) is 4.79 Å². The first-order valence-electron chi connectivity index (χ1n) is 12.1. The van der Waals surface area contributed by atoms with Crippen molar-refractivity contribution in [2.45, 2.75) is 53.1 Å². The molecule has 4 aromatic rings. The quantitative estimate of drug-likeness (QED) is 0.250. The molecule has 0 radical (unpaired) electrons. The molecule has 0 aliphatic carbocycles. The molecule has 2 aromatic carbocycles. The Morgan fingerprint density at radius 1 is 1.00 bits per heavy atom. The van der Waals surface area contributed by atoms with Gasteiger partial charge in [0.1, 0.15) is 27.6 Å². The van der Waals surface area contributed by atoms with Crippen LogP contribution in [0.3, 0.4) is 0 Å². The molecule has 7 heteroatoms. The maximum absolute atomic E-state index is 13.4. The number of rotatable bonds is 8. The number of thiophene rings is 1.